The monoisotopic (exact) mass is 199 g/mol. The van der Waals surface area contributed by atoms with Gasteiger partial charge in [0.25, 0.3) is 0 Å². The fourth-order valence-electron chi connectivity index (χ4n) is 1.81. The van der Waals surface area contributed by atoms with Gasteiger partial charge in [-0.2, -0.15) is 0 Å². The van der Waals surface area contributed by atoms with Gasteiger partial charge in [0.1, 0.15) is 0 Å². The standard InChI is InChI=1S/C9H17N3O2/c10-5-8(13)12-7-3-1-6(2-4-7)9(11)14/h6-7H,1-5,10H2,(H2,11,14)(H,12,13). The summed E-state index contributed by atoms with van der Waals surface area (Å²) in [7, 11) is 0. The molecule has 0 unspecified atom stereocenters. The van der Waals surface area contributed by atoms with Gasteiger partial charge >= 0.3 is 0 Å². The summed E-state index contributed by atoms with van der Waals surface area (Å²) < 4.78 is 0. The molecule has 5 nitrogen and oxygen atoms in total. The summed E-state index contributed by atoms with van der Waals surface area (Å²) in [5, 5.41) is 2.81. The van der Waals surface area contributed by atoms with E-state index in [0.717, 1.165) is 25.7 Å². The number of carbonyl (C=O) groups excluding carboxylic acids is 2. The van der Waals surface area contributed by atoms with Crippen molar-refractivity contribution in [3.05, 3.63) is 0 Å². The van der Waals surface area contributed by atoms with Crippen LogP contribution in [-0.2, 0) is 9.59 Å². The molecule has 0 radical (unpaired) electrons. The fraction of sp³-hybridized carbons (Fsp3) is 0.778. The lowest BCUT2D eigenvalue weighted by Crippen LogP contribution is -2.42. The molecule has 0 aliphatic heterocycles. The molecule has 80 valence electrons. The van der Waals surface area contributed by atoms with E-state index in [0.29, 0.717) is 0 Å². The van der Waals surface area contributed by atoms with Crippen molar-refractivity contribution in [2.75, 3.05) is 6.54 Å². The predicted molar refractivity (Wildman–Crippen MR) is 52.1 cm³/mol. The van der Waals surface area contributed by atoms with Crippen LogP contribution < -0.4 is 16.8 Å². The third-order valence-corrected chi connectivity index (χ3v) is 2.68. The number of hydrogen-bond acceptors (Lipinski definition) is 3. The molecule has 0 spiro atoms. The number of hydrogen-bond donors (Lipinski definition) is 3. The Morgan fingerprint density at radius 2 is 1.79 bits per heavy atom. The molecule has 1 aliphatic rings. The van der Waals surface area contributed by atoms with E-state index in [1.54, 1.807) is 0 Å². The van der Waals surface area contributed by atoms with E-state index in [2.05, 4.69) is 5.32 Å². The van der Waals surface area contributed by atoms with Crippen LogP contribution in [0.2, 0.25) is 0 Å². The highest BCUT2D eigenvalue weighted by Crippen LogP contribution is 2.23. The maximum absolute atomic E-state index is 11.0. The fourth-order valence-corrected chi connectivity index (χ4v) is 1.81. The lowest BCUT2D eigenvalue weighted by molar-refractivity contribution is -0.123. The second-order valence-electron chi connectivity index (χ2n) is 3.72. The molecule has 0 atom stereocenters. The summed E-state index contributed by atoms with van der Waals surface area (Å²) in [6.07, 6.45) is 3.17. The summed E-state index contributed by atoms with van der Waals surface area (Å²) >= 11 is 0. The molecule has 0 aromatic carbocycles. The van der Waals surface area contributed by atoms with Gasteiger partial charge < -0.3 is 16.8 Å². The zero-order valence-electron chi connectivity index (χ0n) is 8.16. The van der Waals surface area contributed by atoms with Gasteiger partial charge in [-0.05, 0) is 25.7 Å². The van der Waals surface area contributed by atoms with Crippen LogP contribution in [0.3, 0.4) is 0 Å². The molecule has 2 amide bonds. The van der Waals surface area contributed by atoms with Gasteiger partial charge in [0.2, 0.25) is 11.8 Å². The Hall–Kier alpha value is -1.10. The van der Waals surface area contributed by atoms with E-state index in [4.69, 9.17) is 11.5 Å². The molecule has 1 aliphatic carbocycles. The number of primary amides is 1. The Bertz CT molecular complexity index is 222. The summed E-state index contributed by atoms with van der Waals surface area (Å²) in [4.78, 5) is 21.8. The molecule has 0 saturated heterocycles. The summed E-state index contributed by atoms with van der Waals surface area (Å²) in [6, 6.07) is 0.168. The molecular weight excluding hydrogens is 182 g/mol. The molecule has 0 aromatic heterocycles. The third-order valence-electron chi connectivity index (χ3n) is 2.68. The number of rotatable bonds is 3. The van der Waals surface area contributed by atoms with Crippen LogP contribution in [0.4, 0.5) is 0 Å². The van der Waals surface area contributed by atoms with Crippen molar-refractivity contribution in [3.8, 4) is 0 Å². The molecule has 0 aromatic rings. The normalized spacial score (nSPS) is 26.9. The van der Waals surface area contributed by atoms with Gasteiger partial charge in [-0.15, -0.1) is 0 Å². The van der Waals surface area contributed by atoms with Crippen LogP contribution in [0.1, 0.15) is 25.7 Å². The smallest absolute Gasteiger partial charge is 0.233 e. The minimum atomic E-state index is -0.228. The maximum atomic E-state index is 11.0. The van der Waals surface area contributed by atoms with Crippen LogP contribution in [0, 0.1) is 5.92 Å². The zero-order valence-corrected chi connectivity index (χ0v) is 8.16. The van der Waals surface area contributed by atoms with Crippen LogP contribution in [0.25, 0.3) is 0 Å². The highest BCUT2D eigenvalue weighted by molar-refractivity contribution is 5.78. The first kappa shape index (κ1) is 11.0. The number of amides is 2. The first-order valence-electron chi connectivity index (χ1n) is 4.92. The van der Waals surface area contributed by atoms with Crippen LogP contribution >= 0.6 is 0 Å². The summed E-state index contributed by atoms with van der Waals surface area (Å²) in [5.41, 5.74) is 10.4. The van der Waals surface area contributed by atoms with Gasteiger partial charge in [0.15, 0.2) is 0 Å². The van der Waals surface area contributed by atoms with Crippen LogP contribution in [-0.4, -0.2) is 24.4 Å². The SMILES string of the molecule is NCC(=O)NC1CCC(C(N)=O)CC1. The van der Waals surface area contributed by atoms with Crippen molar-refractivity contribution in [1.82, 2.24) is 5.32 Å². The summed E-state index contributed by atoms with van der Waals surface area (Å²) in [6.45, 7) is 0.0236. The second kappa shape index (κ2) is 4.95. The van der Waals surface area contributed by atoms with Crippen molar-refractivity contribution in [2.24, 2.45) is 17.4 Å². The van der Waals surface area contributed by atoms with Crippen molar-refractivity contribution in [3.63, 3.8) is 0 Å². The Morgan fingerprint density at radius 3 is 2.21 bits per heavy atom. The van der Waals surface area contributed by atoms with E-state index in [-0.39, 0.29) is 30.3 Å². The quantitative estimate of drug-likeness (QED) is 0.549. The van der Waals surface area contributed by atoms with E-state index in [1.165, 1.54) is 0 Å². The van der Waals surface area contributed by atoms with Crippen molar-refractivity contribution in [1.29, 1.82) is 0 Å². The molecular formula is C9H17N3O2. The zero-order chi connectivity index (χ0) is 10.6. The van der Waals surface area contributed by atoms with Crippen LogP contribution in [0.15, 0.2) is 0 Å². The maximum Gasteiger partial charge on any atom is 0.233 e. The Kier molecular flexibility index (Phi) is 3.88. The van der Waals surface area contributed by atoms with Crippen molar-refractivity contribution >= 4 is 11.8 Å². The number of carbonyl (C=O) groups is 2. The van der Waals surface area contributed by atoms with E-state index >= 15 is 0 Å². The highest BCUT2D eigenvalue weighted by atomic mass is 16.2. The second-order valence-corrected chi connectivity index (χ2v) is 3.72. The lowest BCUT2D eigenvalue weighted by Gasteiger charge is -2.27. The van der Waals surface area contributed by atoms with Crippen molar-refractivity contribution < 1.29 is 9.59 Å². The van der Waals surface area contributed by atoms with Gasteiger partial charge in [0, 0.05) is 12.0 Å². The Balaban J connectivity index is 2.29. The minimum absolute atomic E-state index is 0.0129. The van der Waals surface area contributed by atoms with Gasteiger partial charge in [-0.1, -0.05) is 0 Å². The topological polar surface area (TPSA) is 98.2 Å². The molecule has 5 N–H and O–H groups in total. The van der Waals surface area contributed by atoms with Gasteiger partial charge in [0.05, 0.1) is 6.54 Å². The molecule has 14 heavy (non-hydrogen) atoms. The van der Waals surface area contributed by atoms with Crippen molar-refractivity contribution in [2.45, 2.75) is 31.7 Å². The summed E-state index contributed by atoms with van der Waals surface area (Å²) in [5.74, 6) is -0.373. The predicted octanol–water partition coefficient (Wildman–Crippen LogP) is -0.895. The van der Waals surface area contributed by atoms with E-state index < -0.39 is 0 Å². The largest absolute Gasteiger partial charge is 0.369 e. The Morgan fingerprint density at radius 1 is 1.21 bits per heavy atom. The molecule has 1 rings (SSSR count). The lowest BCUT2D eigenvalue weighted by atomic mass is 9.85. The molecule has 0 bridgehead atoms. The van der Waals surface area contributed by atoms with Crippen LogP contribution in [0.5, 0.6) is 0 Å². The average Bonchev–Trinajstić information content (AvgIpc) is 2.18. The van der Waals surface area contributed by atoms with E-state index in [1.807, 2.05) is 0 Å². The number of nitrogens with one attached hydrogen (secondary N) is 1. The Labute approximate surface area is 83.2 Å². The average molecular weight is 199 g/mol. The van der Waals surface area contributed by atoms with Gasteiger partial charge in [-0.25, -0.2) is 0 Å². The number of nitrogens with two attached hydrogens (primary N) is 2. The first-order valence-corrected chi connectivity index (χ1v) is 4.92. The molecule has 1 saturated carbocycles. The first-order chi connectivity index (χ1) is 6.63. The molecule has 5 heteroatoms. The van der Waals surface area contributed by atoms with Gasteiger partial charge in [-0.3, -0.25) is 9.59 Å². The molecule has 1 fully saturated rings. The minimum Gasteiger partial charge on any atom is -0.369 e. The third kappa shape index (κ3) is 2.99. The van der Waals surface area contributed by atoms with E-state index in [9.17, 15) is 9.59 Å². The molecule has 0 heterocycles. The highest BCUT2D eigenvalue weighted by Gasteiger charge is 2.25.